The van der Waals surface area contributed by atoms with E-state index >= 15 is 0 Å². The van der Waals surface area contributed by atoms with Crippen LogP contribution in [0.4, 0.5) is 0 Å². The molecule has 6 nitrogen and oxygen atoms in total. The van der Waals surface area contributed by atoms with Gasteiger partial charge in [0.1, 0.15) is 0 Å². The highest BCUT2D eigenvalue weighted by Gasteiger charge is 2.15. The molecular formula is C14H16N2O4P2. The zero-order valence-corrected chi connectivity index (χ0v) is 14.7. The van der Waals surface area contributed by atoms with Gasteiger partial charge in [-0.05, 0) is 13.0 Å². The summed E-state index contributed by atoms with van der Waals surface area (Å²) in [6.45, 7) is 1.94. The van der Waals surface area contributed by atoms with Gasteiger partial charge in [-0.15, -0.1) is 0 Å². The summed E-state index contributed by atoms with van der Waals surface area (Å²) in [5.74, 6) is 1.55. The molecule has 0 amide bonds. The van der Waals surface area contributed by atoms with Crippen molar-refractivity contribution in [3.8, 4) is 17.6 Å². The van der Waals surface area contributed by atoms with Gasteiger partial charge in [0.05, 0.1) is 32.1 Å². The van der Waals surface area contributed by atoms with Crippen LogP contribution in [-0.2, 0) is 0 Å². The van der Waals surface area contributed by atoms with Crippen molar-refractivity contribution in [2.75, 3.05) is 21.3 Å². The van der Waals surface area contributed by atoms with Crippen molar-refractivity contribution in [2.45, 2.75) is 6.92 Å². The highest BCUT2D eigenvalue weighted by molar-refractivity contribution is 7.40. The van der Waals surface area contributed by atoms with Crippen LogP contribution >= 0.6 is 16.9 Å². The highest BCUT2D eigenvalue weighted by Crippen LogP contribution is 2.42. The van der Waals surface area contributed by atoms with Crippen LogP contribution in [0.5, 0.6) is 17.6 Å². The molecule has 0 aliphatic carbocycles. The minimum Gasteiger partial charge on any atom is -0.481 e. The molecule has 2 unspecified atom stereocenters. The van der Waals surface area contributed by atoms with Gasteiger partial charge in [-0.1, -0.05) is 0 Å². The van der Waals surface area contributed by atoms with Gasteiger partial charge >= 0.3 is 0 Å². The molecule has 0 bridgehead atoms. The molecule has 0 aliphatic rings. The Hall–Kier alpha value is -1.90. The van der Waals surface area contributed by atoms with E-state index in [2.05, 4.69) is 9.97 Å². The molecule has 0 radical (unpaired) electrons. The molecule has 0 saturated heterocycles. The maximum Gasteiger partial charge on any atom is 0.225 e. The SMILES string of the molecule is COc1cc2[pH]o[pH]c3cc(C)nc(OC)c3c2c(OC)n1. The van der Waals surface area contributed by atoms with Gasteiger partial charge in [-0.2, -0.15) is 4.98 Å². The quantitative estimate of drug-likeness (QED) is 0.722. The summed E-state index contributed by atoms with van der Waals surface area (Å²) in [5.41, 5.74) is 0.888. The maximum atomic E-state index is 5.83. The summed E-state index contributed by atoms with van der Waals surface area (Å²) in [5, 5.41) is 3.77. The number of pyridine rings is 2. The first-order valence-electron chi connectivity index (χ1n) is 6.54. The Morgan fingerprint density at radius 2 is 1.45 bits per heavy atom. The Morgan fingerprint density at radius 3 is 2.05 bits per heavy atom. The Kier molecular flexibility index (Phi) is 4.14. The molecule has 2 atom stereocenters. The predicted octanol–water partition coefficient (Wildman–Crippen LogP) is 3.90. The second-order valence-electron chi connectivity index (χ2n) is 4.60. The Balaban J connectivity index is 2.59. The number of aryl methyl sites for hydroxylation is 1. The first kappa shape index (κ1) is 15.0. The summed E-state index contributed by atoms with van der Waals surface area (Å²) in [4.78, 5) is 8.86. The topological polar surface area (TPSA) is 66.6 Å². The van der Waals surface area contributed by atoms with Gasteiger partial charge in [0.2, 0.25) is 17.6 Å². The standard InChI is InChI=1S/C14H16N2O4P2/c1-7-5-8-11(13(15-7)18-3)12-9(22-20-21-8)6-10(17-2)16-14(12)19-4/h5-6,21-22H,1-4H3. The molecule has 0 saturated carbocycles. The van der Waals surface area contributed by atoms with Gasteiger partial charge in [0, 0.05) is 38.9 Å². The molecule has 0 aliphatic heterocycles. The lowest BCUT2D eigenvalue weighted by atomic mass is 10.2. The minimum absolute atomic E-state index is 0.185. The van der Waals surface area contributed by atoms with Gasteiger partial charge < -0.3 is 18.2 Å². The van der Waals surface area contributed by atoms with Crippen LogP contribution < -0.4 is 14.2 Å². The fourth-order valence-corrected chi connectivity index (χ4v) is 4.53. The number of methoxy groups -OCH3 is 3. The number of rotatable bonds is 3. The van der Waals surface area contributed by atoms with E-state index in [0.29, 0.717) is 17.6 Å². The fourth-order valence-electron chi connectivity index (χ4n) is 2.32. The lowest BCUT2D eigenvalue weighted by molar-refractivity contribution is 0.369. The smallest absolute Gasteiger partial charge is 0.225 e. The fraction of sp³-hybridized carbons (Fsp3) is 0.286. The van der Waals surface area contributed by atoms with Crippen molar-refractivity contribution in [1.82, 2.24) is 9.97 Å². The monoisotopic (exact) mass is 338 g/mol. The molecule has 3 heterocycles. The second-order valence-corrected chi connectivity index (χ2v) is 6.90. The molecule has 0 spiro atoms. The number of nitrogens with zero attached hydrogens (tertiary/aromatic N) is 2. The molecule has 0 N–H and O–H groups in total. The van der Waals surface area contributed by atoms with Crippen molar-refractivity contribution in [3.63, 3.8) is 0 Å². The predicted molar refractivity (Wildman–Crippen MR) is 90.3 cm³/mol. The van der Waals surface area contributed by atoms with Crippen LogP contribution in [-0.4, -0.2) is 31.3 Å². The zero-order chi connectivity index (χ0) is 15.7. The number of hydrogen-bond acceptors (Lipinski definition) is 6. The van der Waals surface area contributed by atoms with Gasteiger partial charge in [0.25, 0.3) is 0 Å². The molecule has 0 aromatic carbocycles. The van der Waals surface area contributed by atoms with E-state index in [1.807, 2.05) is 19.1 Å². The van der Waals surface area contributed by atoms with Crippen LogP contribution in [0, 0.1) is 6.92 Å². The second kappa shape index (κ2) is 6.07. The Morgan fingerprint density at radius 1 is 0.864 bits per heavy atom. The summed E-state index contributed by atoms with van der Waals surface area (Å²) in [6, 6.07) is 3.88. The summed E-state index contributed by atoms with van der Waals surface area (Å²) in [6.07, 6.45) is 0. The number of aromatic nitrogens is 2. The Labute approximate surface area is 130 Å². The van der Waals surface area contributed by atoms with E-state index in [9.17, 15) is 0 Å². The molecule has 22 heavy (non-hydrogen) atoms. The van der Waals surface area contributed by atoms with Crippen LogP contribution in [0.25, 0.3) is 21.0 Å². The molecule has 3 aromatic rings. The summed E-state index contributed by atoms with van der Waals surface area (Å²) in [7, 11) is 5.19. The van der Waals surface area contributed by atoms with Gasteiger partial charge in [-0.25, -0.2) is 4.98 Å². The molecule has 3 aromatic heterocycles. The lowest BCUT2D eigenvalue weighted by Gasteiger charge is -2.09. The van der Waals surface area contributed by atoms with Crippen molar-refractivity contribution in [2.24, 2.45) is 0 Å². The number of hydrogen-bond donors (Lipinski definition) is 0. The minimum atomic E-state index is 0.185. The van der Waals surface area contributed by atoms with Gasteiger partial charge in [0.15, 0.2) is 0 Å². The molecule has 116 valence electrons. The van der Waals surface area contributed by atoms with E-state index in [4.69, 9.17) is 18.2 Å². The largest absolute Gasteiger partial charge is 0.481 e. The third-order valence-electron chi connectivity index (χ3n) is 3.24. The van der Waals surface area contributed by atoms with E-state index < -0.39 is 0 Å². The third kappa shape index (κ3) is 2.49. The number of ether oxygens (including phenoxy) is 3. The van der Waals surface area contributed by atoms with Crippen molar-refractivity contribution in [3.05, 3.63) is 17.8 Å². The van der Waals surface area contributed by atoms with Gasteiger partial charge in [-0.3, -0.25) is 0 Å². The molecular weight excluding hydrogens is 322 g/mol. The first-order valence-corrected chi connectivity index (χ1v) is 8.36. The number of fused-ring (bicyclic) bond motifs is 3. The van der Waals surface area contributed by atoms with Crippen molar-refractivity contribution in [1.29, 1.82) is 0 Å². The summed E-state index contributed by atoms with van der Waals surface area (Å²) >= 11 is 0. The van der Waals surface area contributed by atoms with E-state index in [0.717, 1.165) is 26.7 Å². The van der Waals surface area contributed by atoms with Crippen LogP contribution in [0.15, 0.2) is 16.1 Å². The normalized spacial score (nSPS) is 11.5. The van der Waals surface area contributed by atoms with Crippen molar-refractivity contribution >= 4 is 37.9 Å². The first-order chi connectivity index (χ1) is 10.7. The highest BCUT2D eigenvalue weighted by atomic mass is 31.1. The molecule has 3 rings (SSSR count). The van der Waals surface area contributed by atoms with E-state index in [1.165, 1.54) is 0 Å². The van der Waals surface area contributed by atoms with Crippen LogP contribution in [0.3, 0.4) is 0 Å². The van der Waals surface area contributed by atoms with Crippen molar-refractivity contribution < 1.29 is 18.2 Å². The van der Waals surface area contributed by atoms with E-state index in [1.54, 1.807) is 21.3 Å². The molecule has 0 fully saturated rings. The summed E-state index contributed by atoms with van der Waals surface area (Å²) < 4.78 is 22.0. The molecule has 8 heteroatoms. The van der Waals surface area contributed by atoms with Crippen LogP contribution in [0.2, 0.25) is 0 Å². The maximum absolute atomic E-state index is 5.83. The Bertz CT molecular complexity index is 880. The third-order valence-corrected chi connectivity index (χ3v) is 5.29. The van der Waals surface area contributed by atoms with Crippen LogP contribution in [0.1, 0.15) is 5.69 Å². The average molecular weight is 338 g/mol. The van der Waals surface area contributed by atoms with E-state index in [-0.39, 0.29) is 16.9 Å². The zero-order valence-electron chi connectivity index (χ0n) is 12.7. The lowest BCUT2D eigenvalue weighted by Crippen LogP contribution is -1.95. The average Bonchev–Trinajstić information content (AvgIpc) is 2.71.